The fraction of sp³-hybridized carbons (Fsp3) is 0.333. The first kappa shape index (κ1) is 20.9. The van der Waals surface area contributed by atoms with Crippen LogP contribution in [0.3, 0.4) is 0 Å². The molecule has 0 saturated carbocycles. The lowest BCUT2D eigenvalue weighted by Gasteiger charge is -2.12. The van der Waals surface area contributed by atoms with E-state index in [4.69, 9.17) is 15.2 Å². The molecule has 0 spiro atoms. The minimum atomic E-state index is -0.872. The topological polar surface area (TPSA) is 129 Å². The van der Waals surface area contributed by atoms with Crippen LogP contribution < -0.4 is 26.5 Å². The molecule has 2 N–H and O–H groups in total. The predicted octanol–water partition coefficient (Wildman–Crippen LogP) is 1.18. The number of nitrogen functional groups attached to an aromatic ring is 1. The molecular formula is C21H22N4O5. The molecule has 0 aliphatic carbocycles. The van der Waals surface area contributed by atoms with Gasteiger partial charge in [-0.3, -0.25) is 18.7 Å². The average Bonchev–Trinajstić information content (AvgIpc) is 3.07. The van der Waals surface area contributed by atoms with Crippen molar-refractivity contribution in [3.63, 3.8) is 0 Å². The molecule has 1 aromatic carbocycles. The number of allylic oxidation sites excluding steroid dienone is 1. The van der Waals surface area contributed by atoms with Gasteiger partial charge in [0.2, 0.25) is 5.78 Å². The van der Waals surface area contributed by atoms with Gasteiger partial charge in [0.25, 0.3) is 5.56 Å². The smallest absolute Gasteiger partial charge is 0.332 e. The second-order valence-electron chi connectivity index (χ2n) is 7.03. The van der Waals surface area contributed by atoms with E-state index < -0.39 is 22.6 Å². The number of aromatic nitrogens is 2. The predicted molar refractivity (Wildman–Crippen MR) is 111 cm³/mol. The average molecular weight is 410 g/mol. The fourth-order valence-electron chi connectivity index (χ4n) is 3.36. The third kappa shape index (κ3) is 3.48. The highest BCUT2D eigenvalue weighted by Crippen LogP contribution is 2.36. The number of nitriles is 1. The Kier molecular flexibility index (Phi) is 5.52. The number of Topliss-reactive ketones (excluding diaryl/α,β-unsaturated/α-hetero) is 1. The Balaban J connectivity index is 2.16. The molecule has 2 aromatic rings. The van der Waals surface area contributed by atoms with E-state index in [1.807, 2.05) is 26.0 Å². The highest BCUT2D eigenvalue weighted by atomic mass is 16.5. The van der Waals surface area contributed by atoms with Crippen LogP contribution in [0.4, 0.5) is 5.82 Å². The SMILES string of the molecule is CCOc1cc2c(cc1/C=C(\C#N)C(=O)c1c(N)n(C)c(=O)n(C)c1=O)O[C@@H](C)C2. The summed E-state index contributed by atoms with van der Waals surface area (Å²) in [5.74, 6) is -0.0239. The van der Waals surface area contributed by atoms with Gasteiger partial charge >= 0.3 is 5.69 Å². The summed E-state index contributed by atoms with van der Waals surface area (Å²) in [4.78, 5) is 37.5. The molecule has 0 fully saturated rings. The van der Waals surface area contributed by atoms with Crippen molar-refractivity contribution in [2.75, 3.05) is 12.3 Å². The van der Waals surface area contributed by atoms with Crippen LogP contribution >= 0.6 is 0 Å². The standard InChI is InChI=1S/C21H22N4O5/c1-5-29-15-8-12-6-11(2)30-16(12)9-13(15)7-14(10-22)18(26)17-19(23)24(3)21(28)25(4)20(17)27/h7-9,11H,5-6,23H2,1-4H3/b14-7+/t11-/m0/s1. The van der Waals surface area contributed by atoms with Crippen molar-refractivity contribution in [2.45, 2.75) is 26.4 Å². The minimum absolute atomic E-state index is 0.0131. The summed E-state index contributed by atoms with van der Waals surface area (Å²) in [7, 11) is 2.58. The summed E-state index contributed by atoms with van der Waals surface area (Å²) in [5.41, 5.74) is 5.02. The zero-order chi connectivity index (χ0) is 22.2. The Hall–Kier alpha value is -3.80. The number of rotatable bonds is 5. The zero-order valence-electron chi connectivity index (χ0n) is 17.2. The fourth-order valence-corrected chi connectivity index (χ4v) is 3.36. The second-order valence-corrected chi connectivity index (χ2v) is 7.03. The first-order chi connectivity index (χ1) is 14.2. The van der Waals surface area contributed by atoms with E-state index in [2.05, 4.69) is 0 Å². The number of carbonyl (C=O) groups excluding carboxylic acids is 1. The van der Waals surface area contributed by atoms with E-state index in [1.165, 1.54) is 20.2 Å². The number of nitrogens with zero attached hydrogens (tertiary/aromatic N) is 3. The lowest BCUT2D eigenvalue weighted by molar-refractivity contribution is 0.103. The Morgan fingerprint density at radius 2 is 2.07 bits per heavy atom. The Morgan fingerprint density at radius 1 is 1.37 bits per heavy atom. The van der Waals surface area contributed by atoms with Crippen LogP contribution in [0.25, 0.3) is 6.08 Å². The number of hydrogen-bond donors (Lipinski definition) is 1. The van der Waals surface area contributed by atoms with Gasteiger partial charge in [-0.05, 0) is 32.1 Å². The van der Waals surface area contributed by atoms with Gasteiger partial charge in [-0.15, -0.1) is 0 Å². The Bertz CT molecular complexity index is 1230. The molecule has 1 atom stereocenters. The van der Waals surface area contributed by atoms with Gasteiger partial charge in [-0.25, -0.2) is 4.79 Å². The van der Waals surface area contributed by atoms with Gasteiger partial charge in [0, 0.05) is 31.6 Å². The molecule has 9 nitrogen and oxygen atoms in total. The van der Waals surface area contributed by atoms with Crippen molar-refractivity contribution >= 4 is 17.7 Å². The van der Waals surface area contributed by atoms with Crippen molar-refractivity contribution in [1.29, 1.82) is 5.26 Å². The largest absolute Gasteiger partial charge is 0.493 e. The van der Waals surface area contributed by atoms with Crippen molar-refractivity contribution < 1.29 is 14.3 Å². The molecule has 156 valence electrons. The molecule has 1 aromatic heterocycles. The summed E-state index contributed by atoms with van der Waals surface area (Å²) in [6.45, 7) is 4.16. The van der Waals surface area contributed by atoms with Crippen molar-refractivity contribution in [2.24, 2.45) is 14.1 Å². The summed E-state index contributed by atoms with van der Waals surface area (Å²) in [5, 5.41) is 9.62. The first-order valence-corrected chi connectivity index (χ1v) is 9.37. The van der Waals surface area contributed by atoms with E-state index in [9.17, 15) is 19.6 Å². The normalized spacial score (nSPS) is 15.3. The molecule has 0 radical (unpaired) electrons. The molecule has 0 bridgehead atoms. The number of fused-ring (bicyclic) bond motifs is 1. The van der Waals surface area contributed by atoms with Crippen molar-refractivity contribution in [3.05, 3.63) is 55.2 Å². The van der Waals surface area contributed by atoms with E-state index in [0.717, 1.165) is 21.1 Å². The molecule has 3 rings (SSSR count). The second kappa shape index (κ2) is 7.91. The number of carbonyl (C=O) groups is 1. The lowest BCUT2D eigenvalue weighted by Crippen LogP contribution is -2.41. The molecule has 0 saturated heterocycles. The van der Waals surface area contributed by atoms with Crippen molar-refractivity contribution in [1.82, 2.24) is 9.13 Å². The number of nitrogens with two attached hydrogens (primary N) is 1. The maximum Gasteiger partial charge on any atom is 0.332 e. The van der Waals surface area contributed by atoms with Crippen LogP contribution in [0, 0.1) is 11.3 Å². The molecule has 1 aliphatic rings. The van der Waals surface area contributed by atoms with Gasteiger partial charge in [0.05, 0.1) is 6.61 Å². The van der Waals surface area contributed by atoms with Crippen LogP contribution in [0.15, 0.2) is 27.3 Å². The molecular weight excluding hydrogens is 388 g/mol. The molecule has 0 unspecified atom stereocenters. The Labute approximate surface area is 172 Å². The van der Waals surface area contributed by atoms with Gasteiger partial charge in [0.15, 0.2) is 0 Å². The molecule has 0 amide bonds. The Morgan fingerprint density at radius 3 is 2.70 bits per heavy atom. The number of hydrogen-bond acceptors (Lipinski definition) is 7. The summed E-state index contributed by atoms with van der Waals surface area (Å²) >= 11 is 0. The zero-order valence-corrected chi connectivity index (χ0v) is 17.2. The number of ether oxygens (including phenoxy) is 2. The van der Waals surface area contributed by atoms with E-state index >= 15 is 0 Å². The van der Waals surface area contributed by atoms with Crippen LogP contribution in [0.1, 0.15) is 35.3 Å². The molecule has 9 heteroatoms. The van der Waals surface area contributed by atoms with Crippen LogP contribution in [-0.2, 0) is 20.5 Å². The van der Waals surface area contributed by atoms with Crippen LogP contribution in [0.5, 0.6) is 11.5 Å². The summed E-state index contributed by atoms with van der Waals surface area (Å²) in [6, 6.07) is 5.36. The van der Waals surface area contributed by atoms with E-state index in [-0.39, 0.29) is 17.5 Å². The summed E-state index contributed by atoms with van der Waals surface area (Å²) in [6.07, 6.45) is 2.08. The van der Waals surface area contributed by atoms with Gasteiger partial charge in [-0.1, -0.05) is 0 Å². The maximum atomic E-state index is 13.0. The van der Waals surface area contributed by atoms with Gasteiger partial charge in [-0.2, -0.15) is 5.26 Å². The third-order valence-electron chi connectivity index (χ3n) is 4.93. The maximum absolute atomic E-state index is 13.0. The van der Waals surface area contributed by atoms with E-state index in [0.29, 0.717) is 23.7 Å². The highest BCUT2D eigenvalue weighted by molar-refractivity contribution is 6.16. The highest BCUT2D eigenvalue weighted by Gasteiger charge is 2.25. The summed E-state index contributed by atoms with van der Waals surface area (Å²) < 4.78 is 13.2. The lowest BCUT2D eigenvalue weighted by atomic mass is 10.0. The minimum Gasteiger partial charge on any atom is -0.493 e. The number of anilines is 1. The third-order valence-corrected chi connectivity index (χ3v) is 4.93. The van der Waals surface area contributed by atoms with Crippen molar-refractivity contribution in [3.8, 4) is 17.6 Å². The molecule has 1 aliphatic heterocycles. The van der Waals surface area contributed by atoms with Crippen LogP contribution in [0.2, 0.25) is 0 Å². The van der Waals surface area contributed by atoms with Crippen LogP contribution in [-0.4, -0.2) is 27.6 Å². The molecule has 2 heterocycles. The number of ketones is 1. The van der Waals surface area contributed by atoms with E-state index in [1.54, 1.807) is 6.07 Å². The van der Waals surface area contributed by atoms with Gasteiger partial charge < -0.3 is 15.2 Å². The van der Waals surface area contributed by atoms with Gasteiger partial charge in [0.1, 0.15) is 40.6 Å². The quantitative estimate of drug-likeness (QED) is 0.445. The molecule has 30 heavy (non-hydrogen) atoms. The first-order valence-electron chi connectivity index (χ1n) is 9.37. The monoisotopic (exact) mass is 410 g/mol. The number of benzene rings is 1.